The maximum absolute atomic E-state index is 13.5. The SMILES string of the molecule is COc1ccc(NC(=O)c2ccc(F)cc2F)cc1OC. The summed E-state index contributed by atoms with van der Waals surface area (Å²) in [5.41, 5.74) is 0.160. The summed E-state index contributed by atoms with van der Waals surface area (Å²) in [5.74, 6) is -1.42. The summed E-state index contributed by atoms with van der Waals surface area (Å²) in [7, 11) is 2.95. The summed E-state index contributed by atoms with van der Waals surface area (Å²) in [6.07, 6.45) is 0. The van der Waals surface area contributed by atoms with E-state index in [1.54, 1.807) is 12.1 Å². The minimum atomic E-state index is -0.923. The summed E-state index contributed by atoms with van der Waals surface area (Å²) in [4.78, 5) is 12.0. The van der Waals surface area contributed by atoms with Crippen molar-refractivity contribution in [3.63, 3.8) is 0 Å². The van der Waals surface area contributed by atoms with Crippen LogP contribution in [-0.2, 0) is 0 Å². The first kappa shape index (κ1) is 14.8. The molecule has 0 bridgehead atoms. The Balaban J connectivity index is 2.23. The number of hydrogen-bond acceptors (Lipinski definition) is 3. The number of carbonyl (C=O) groups excluding carboxylic acids is 1. The quantitative estimate of drug-likeness (QED) is 0.941. The maximum atomic E-state index is 13.5. The fraction of sp³-hybridized carbons (Fsp3) is 0.133. The number of ether oxygens (including phenoxy) is 2. The molecule has 0 heterocycles. The van der Waals surface area contributed by atoms with Crippen molar-refractivity contribution in [2.24, 2.45) is 0 Å². The molecule has 21 heavy (non-hydrogen) atoms. The van der Waals surface area contributed by atoms with Gasteiger partial charge in [-0.05, 0) is 24.3 Å². The number of amides is 1. The highest BCUT2D eigenvalue weighted by Gasteiger charge is 2.13. The van der Waals surface area contributed by atoms with Gasteiger partial charge >= 0.3 is 0 Å². The Morgan fingerprint density at radius 2 is 1.71 bits per heavy atom. The lowest BCUT2D eigenvalue weighted by molar-refractivity contribution is 0.102. The van der Waals surface area contributed by atoms with Crippen LogP contribution in [0.5, 0.6) is 11.5 Å². The van der Waals surface area contributed by atoms with Gasteiger partial charge in [0.05, 0.1) is 19.8 Å². The van der Waals surface area contributed by atoms with E-state index in [0.717, 1.165) is 12.1 Å². The van der Waals surface area contributed by atoms with Crippen molar-refractivity contribution >= 4 is 11.6 Å². The van der Waals surface area contributed by atoms with Crippen LogP contribution in [0.2, 0.25) is 0 Å². The van der Waals surface area contributed by atoms with Crippen LogP contribution in [0.1, 0.15) is 10.4 Å². The van der Waals surface area contributed by atoms with Crippen LogP contribution in [0.25, 0.3) is 0 Å². The van der Waals surface area contributed by atoms with Crippen molar-refractivity contribution in [1.82, 2.24) is 0 Å². The predicted octanol–water partition coefficient (Wildman–Crippen LogP) is 3.23. The van der Waals surface area contributed by atoms with E-state index < -0.39 is 17.5 Å². The molecule has 2 aromatic rings. The third-order valence-corrected chi connectivity index (χ3v) is 2.82. The van der Waals surface area contributed by atoms with Crippen molar-refractivity contribution < 1.29 is 23.0 Å². The second-order valence-corrected chi connectivity index (χ2v) is 4.15. The van der Waals surface area contributed by atoms with E-state index in [1.165, 1.54) is 20.3 Å². The van der Waals surface area contributed by atoms with E-state index in [0.29, 0.717) is 23.3 Å². The number of halogens is 2. The van der Waals surface area contributed by atoms with E-state index >= 15 is 0 Å². The summed E-state index contributed by atoms with van der Waals surface area (Å²) in [5, 5.41) is 2.51. The average Bonchev–Trinajstić information content (AvgIpc) is 2.46. The van der Waals surface area contributed by atoms with E-state index in [-0.39, 0.29) is 5.56 Å². The number of nitrogens with one attached hydrogen (secondary N) is 1. The zero-order chi connectivity index (χ0) is 15.4. The Bertz CT molecular complexity index is 674. The maximum Gasteiger partial charge on any atom is 0.258 e. The second-order valence-electron chi connectivity index (χ2n) is 4.15. The number of rotatable bonds is 4. The molecule has 0 saturated heterocycles. The molecule has 0 unspecified atom stereocenters. The minimum absolute atomic E-state index is 0.244. The topological polar surface area (TPSA) is 47.6 Å². The number of benzene rings is 2. The van der Waals surface area contributed by atoms with E-state index in [4.69, 9.17) is 9.47 Å². The lowest BCUT2D eigenvalue weighted by Crippen LogP contribution is -2.14. The molecule has 0 aromatic heterocycles. The fourth-order valence-corrected chi connectivity index (χ4v) is 1.79. The monoisotopic (exact) mass is 293 g/mol. The summed E-state index contributed by atoms with van der Waals surface area (Å²) < 4.78 is 36.5. The number of anilines is 1. The van der Waals surface area contributed by atoms with Crippen LogP contribution in [0, 0.1) is 11.6 Å². The molecule has 0 aliphatic heterocycles. The number of carbonyl (C=O) groups is 1. The smallest absolute Gasteiger partial charge is 0.258 e. The largest absolute Gasteiger partial charge is 0.493 e. The van der Waals surface area contributed by atoms with Crippen molar-refractivity contribution in [2.75, 3.05) is 19.5 Å². The van der Waals surface area contributed by atoms with E-state index in [9.17, 15) is 13.6 Å². The summed E-state index contributed by atoms with van der Waals surface area (Å²) in [6.45, 7) is 0. The Labute approximate surface area is 120 Å². The molecule has 0 spiro atoms. The van der Waals surface area contributed by atoms with Gasteiger partial charge in [-0.1, -0.05) is 0 Å². The highest BCUT2D eigenvalue weighted by Crippen LogP contribution is 2.30. The van der Waals surface area contributed by atoms with Crippen molar-refractivity contribution in [3.05, 3.63) is 53.6 Å². The highest BCUT2D eigenvalue weighted by molar-refractivity contribution is 6.04. The Kier molecular flexibility index (Phi) is 4.37. The third-order valence-electron chi connectivity index (χ3n) is 2.82. The lowest BCUT2D eigenvalue weighted by atomic mass is 10.2. The van der Waals surface area contributed by atoms with E-state index in [2.05, 4.69) is 5.32 Å². The van der Waals surface area contributed by atoms with Crippen molar-refractivity contribution in [2.45, 2.75) is 0 Å². The fourth-order valence-electron chi connectivity index (χ4n) is 1.79. The van der Waals surface area contributed by atoms with Crippen LogP contribution in [0.4, 0.5) is 14.5 Å². The van der Waals surface area contributed by atoms with Gasteiger partial charge in [-0.25, -0.2) is 8.78 Å². The number of methoxy groups -OCH3 is 2. The minimum Gasteiger partial charge on any atom is -0.493 e. The lowest BCUT2D eigenvalue weighted by Gasteiger charge is -2.11. The standard InChI is InChI=1S/C15H13F2NO3/c1-20-13-6-4-10(8-14(13)21-2)18-15(19)11-5-3-9(16)7-12(11)17/h3-8H,1-2H3,(H,18,19). The zero-order valence-electron chi connectivity index (χ0n) is 11.4. The average molecular weight is 293 g/mol. The number of hydrogen-bond donors (Lipinski definition) is 1. The van der Waals surface area contributed by atoms with E-state index in [1.807, 2.05) is 0 Å². The van der Waals surface area contributed by atoms with Gasteiger partial charge in [0.2, 0.25) is 0 Å². The normalized spacial score (nSPS) is 10.1. The zero-order valence-corrected chi connectivity index (χ0v) is 11.4. The first-order valence-corrected chi connectivity index (χ1v) is 6.03. The van der Waals surface area contributed by atoms with Crippen molar-refractivity contribution in [3.8, 4) is 11.5 Å². The molecule has 0 aliphatic carbocycles. The molecular formula is C15H13F2NO3. The molecule has 0 atom stereocenters. The Hall–Kier alpha value is -2.63. The Morgan fingerprint density at radius 3 is 2.33 bits per heavy atom. The molecule has 110 valence electrons. The van der Waals surface area contributed by atoms with Gasteiger partial charge in [0.15, 0.2) is 11.5 Å². The van der Waals surface area contributed by atoms with Gasteiger partial charge in [-0.3, -0.25) is 4.79 Å². The van der Waals surface area contributed by atoms with Crippen molar-refractivity contribution in [1.29, 1.82) is 0 Å². The predicted molar refractivity (Wildman–Crippen MR) is 73.9 cm³/mol. The van der Waals surface area contributed by atoms with Crippen LogP contribution < -0.4 is 14.8 Å². The Morgan fingerprint density at radius 1 is 1.00 bits per heavy atom. The van der Waals surface area contributed by atoms with Crippen LogP contribution in [0.15, 0.2) is 36.4 Å². The van der Waals surface area contributed by atoms with Gasteiger partial charge in [-0.2, -0.15) is 0 Å². The molecule has 4 nitrogen and oxygen atoms in total. The molecule has 0 aliphatic rings. The first-order valence-electron chi connectivity index (χ1n) is 6.03. The molecule has 2 rings (SSSR count). The van der Waals surface area contributed by atoms with Gasteiger partial charge in [0, 0.05) is 17.8 Å². The van der Waals surface area contributed by atoms with Crippen LogP contribution in [0.3, 0.4) is 0 Å². The molecule has 1 N–H and O–H groups in total. The summed E-state index contributed by atoms with van der Waals surface area (Å²) in [6, 6.07) is 7.49. The van der Waals surface area contributed by atoms with Gasteiger partial charge in [0.1, 0.15) is 11.6 Å². The third kappa shape index (κ3) is 3.28. The van der Waals surface area contributed by atoms with Gasteiger partial charge in [-0.15, -0.1) is 0 Å². The molecule has 0 saturated carbocycles. The molecule has 1 amide bonds. The van der Waals surface area contributed by atoms with Gasteiger partial charge in [0.25, 0.3) is 5.91 Å². The highest BCUT2D eigenvalue weighted by atomic mass is 19.1. The van der Waals surface area contributed by atoms with Crippen LogP contribution in [-0.4, -0.2) is 20.1 Å². The molecule has 0 fully saturated rings. The molecule has 0 radical (unpaired) electrons. The molecule has 2 aromatic carbocycles. The van der Waals surface area contributed by atoms with Crippen LogP contribution >= 0.6 is 0 Å². The second kappa shape index (κ2) is 6.21. The summed E-state index contributed by atoms with van der Waals surface area (Å²) >= 11 is 0. The molecular weight excluding hydrogens is 280 g/mol. The van der Waals surface area contributed by atoms with Gasteiger partial charge < -0.3 is 14.8 Å². The molecule has 6 heteroatoms. The first-order chi connectivity index (χ1) is 10.0.